The number of aliphatic hydroxyl groups excluding tert-OH is 1. The average molecular weight is 412 g/mol. The van der Waals surface area contributed by atoms with E-state index in [9.17, 15) is 18.3 Å². The van der Waals surface area contributed by atoms with E-state index in [2.05, 4.69) is 14.7 Å². The fourth-order valence-corrected chi connectivity index (χ4v) is 4.77. The van der Waals surface area contributed by atoms with E-state index in [0.29, 0.717) is 5.69 Å². The van der Waals surface area contributed by atoms with Gasteiger partial charge < -0.3 is 15.3 Å². The van der Waals surface area contributed by atoms with Gasteiger partial charge >= 0.3 is 0 Å². The van der Waals surface area contributed by atoms with E-state index in [1.807, 2.05) is 13.8 Å². The molecule has 0 fully saturated rings. The molecule has 0 aliphatic carbocycles. The number of para-hydroxylation sites is 1. The number of nitrogens with zero attached hydrogens (tertiary/aromatic N) is 3. The molecule has 150 valence electrons. The van der Waals surface area contributed by atoms with Crippen LogP contribution in [0.4, 0.5) is 5.69 Å². The minimum atomic E-state index is -3.99. The lowest BCUT2D eigenvalue weighted by Crippen LogP contribution is -2.39. The molecule has 0 bridgehead atoms. The molecule has 3 heterocycles. The average Bonchev–Trinajstić information content (AvgIpc) is 2.92. The van der Waals surface area contributed by atoms with Crippen LogP contribution in [0.25, 0.3) is 0 Å². The summed E-state index contributed by atoms with van der Waals surface area (Å²) in [6.07, 6.45) is 3.26. The SMILES string of the molecule is CC(C)C1C(O)=C(C2=NS(=O)(=O)c3ccccc3N2)C(=O)N1Cc1ccncc1. The Morgan fingerprint density at radius 2 is 1.86 bits per heavy atom. The van der Waals surface area contributed by atoms with Crippen LogP contribution < -0.4 is 5.32 Å². The van der Waals surface area contributed by atoms with Crippen molar-refractivity contribution in [1.29, 1.82) is 0 Å². The smallest absolute Gasteiger partial charge is 0.286 e. The Kier molecular flexibility index (Phi) is 4.62. The number of pyridine rings is 1. The maximum absolute atomic E-state index is 13.2. The Labute approximate surface area is 168 Å². The lowest BCUT2D eigenvalue weighted by Gasteiger charge is -2.28. The summed E-state index contributed by atoms with van der Waals surface area (Å²) in [6, 6.07) is 9.30. The third-order valence-electron chi connectivity index (χ3n) is 4.95. The van der Waals surface area contributed by atoms with Gasteiger partial charge in [0.1, 0.15) is 16.2 Å². The van der Waals surface area contributed by atoms with Crippen molar-refractivity contribution in [2.24, 2.45) is 10.3 Å². The van der Waals surface area contributed by atoms with Gasteiger partial charge in [0.25, 0.3) is 15.9 Å². The molecule has 1 atom stereocenters. The predicted octanol–water partition coefficient (Wildman–Crippen LogP) is 2.47. The summed E-state index contributed by atoms with van der Waals surface area (Å²) in [4.78, 5) is 18.8. The number of fused-ring (bicyclic) bond motifs is 1. The zero-order chi connectivity index (χ0) is 20.8. The second-order valence-electron chi connectivity index (χ2n) is 7.27. The van der Waals surface area contributed by atoms with Crippen LogP contribution in [0.5, 0.6) is 0 Å². The summed E-state index contributed by atoms with van der Waals surface area (Å²) >= 11 is 0. The molecule has 2 aliphatic heterocycles. The molecule has 1 unspecified atom stereocenters. The molecule has 0 saturated carbocycles. The maximum atomic E-state index is 13.2. The normalized spacial score (nSPS) is 20.5. The van der Waals surface area contributed by atoms with Gasteiger partial charge in [-0.15, -0.1) is 4.40 Å². The van der Waals surface area contributed by atoms with Crippen LogP contribution in [0.15, 0.2) is 69.4 Å². The summed E-state index contributed by atoms with van der Waals surface area (Å²) in [6.45, 7) is 4.03. The summed E-state index contributed by atoms with van der Waals surface area (Å²) in [5.41, 5.74) is 1.06. The number of hydrogen-bond donors (Lipinski definition) is 2. The first-order valence-corrected chi connectivity index (χ1v) is 10.6. The molecule has 2 aromatic rings. The third-order valence-corrected chi connectivity index (χ3v) is 6.28. The highest BCUT2D eigenvalue weighted by Gasteiger charge is 2.44. The van der Waals surface area contributed by atoms with Crippen LogP contribution >= 0.6 is 0 Å². The van der Waals surface area contributed by atoms with E-state index in [0.717, 1.165) is 5.56 Å². The van der Waals surface area contributed by atoms with Crippen LogP contribution in [-0.4, -0.2) is 41.2 Å². The van der Waals surface area contributed by atoms with E-state index >= 15 is 0 Å². The lowest BCUT2D eigenvalue weighted by molar-refractivity contribution is -0.128. The topological polar surface area (TPSA) is 112 Å². The number of rotatable bonds is 4. The fraction of sp³-hybridized carbons (Fsp3) is 0.250. The summed E-state index contributed by atoms with van der Waals surface area (Å²) in [5.74, 6) is -0.904. The van der Waals surface area contributed by atoms with Crippen molar-refractivity contribution in [2.75, 3.05) is 5.32 Å². The van der Waals surface area contributed by atoms with E-state index in [1.54, 1.807) is 42.7 Å². The molecule has 29 heavy (non-hydrogen) atoms. The zero-order valence-electron chi connectivity index (χ0n) is 15.9. The summed E-state index contributed by atoms with van der Waals surface area (Å²) < 4.78 is 28.9. The molecule has 2 aliphatic rings. The van der Waals surface area contributed by atoms with Crippen molar-refractivity contribution in [3.8, 4) is 0 Å². The highest BCUT2D eigenvalue weighted by atomic mass is 32.2. The van der Waals surface area contributed by atoms with Crippen molar-refractivity contribution in [1.82, 2.24) is 9.88 Å². The van der Waals surface area contributed by atoms with Gasteiger partial charge in [-0.2, -0.15) is 8.42 Å². The number of sulfonamides is 1. The number of nitrogens with one attached hydrogen (secondary N) is 1. The molecule has 0 radical (unpaired) electrons. The van der Waals surface area contributed by atoms with Gasteiger partial charge in [0.15, 0.2) is 5.84 Å². The summed E-state index contributed by atoms with van der Waals surface area (Å²) in [7, 11) is -3.99. The minimum absolute atomic E-state index is 0.0309. The Morgan fingerprint density at radius 1 is 1.17 bits per heavy atom. The number of aromatic nitrogens is 1. The van der Waals surface area contributed by atoms with Crippen LogP contribution in [0.1, 0.15) is 19.4 Å². The van der Waals surface area contributed by atoms with Crippen molar-refractivity contribution >= 4 is 27.5 Å². The Morgan fingerprint density at radius 3 is 2.55 bits per heavy atom. The van der Waals surface area contributed by atoms with Crippen molar-refractivity contribution < 1.29 is 18.3 Å². The molecule has 1 amide bonds. The Balaban J connectivity index is 1.76. The second kappa shape index (κ2) is 7.00. The number of amidine groups is 1. The van der Waals surface area contributed by atoms with Crippen LogP contribution in [0, 0.1) is 5.92 Å². The second-order valence-corrected chi connectivity index (χ2v) is 8.85. The zero-order valence-corrected chi connectivity index (χ0v) is 16.7. The number of aliphatic hydroxyl groups is 1. The maximum Gasteiger partial charge on any atom is 0.286 e. The van der Waals surface area contributed by atoms with Gasteiger partial charge in [0.05, 0.1) is 11.7 Å². The minimum Gasteiger partial charge on any atom is -0.509 e. The lowest BCUT2D eigenvalue weighted by atomic mass is 10.0. The van der Waals surface area contributed by atoms with Gasteiger partial charge in [0, 0.05) is 18.9 Å². The van der Waals surface area contributed by atoms with Crippen molar-refractivity contribution in [2.45, 2.75) is 31.3 Å². The number of amides is 1. The van der Waals surface area contributed by atoms with Gasteiger partial charge in [-0.3, -0.25) is 9.78 Å². The molecule has 9 heteroatoms. The van der Waals surface area contributed by atoms with E-state index in [4.69, 9.17) is 0 Å². The largest absolute Gasteiger partial charge is 0.509 e. The molecular weight excluding hydrogens is 392 g/mol. The Bertz CT molecular complexity index is 1140. The fourth-order valence-electron chi connectivity index (χ4n) is 3.65. The molecule has 0 spiro atoms. The molecule has 8 nitrogen and oxygen atoms in total. The molecule has 2 N–H and O–H groups in total. The molecule has 1 aromatic heterocycles. The van der Waals surface area contributed by atoms with Gasteiger partial charge in [-0.05, 0) is 35.7 Å². The standard InChI is InChI=1S/C20H20N4O4S/c1-12(2)17-18(25)16(20(26)24(17)11-13-7-9-21-10-8-13)19-22-14-5-3-4-6-15(14)29(27,28)23-19/h3-10,12,17,25H,11H2,1-2H3,(H,22,23). The molecule has 4 rings (SSSR count). The number of benzene rings is 1. The van der Waals surface area contributed by atoms with E-state index in [1.165, 1.54) is 11.0 Å². The van der Waals surface area contributed by atoms with E-state index in [-0.39, 0.29) is 34.5 Å². The highest BCUT2D eigenvalue weighted by molar-refractivity contribution is 7.90. The first-order valence-electron chi connectivity index (χ1n) is 9.14. The van der Waals surface area contributed by atoms with Crippen molar-refractivity contribution in [3.63, 3.8) is 0 Å². The Hall–Kier alpha value is -3.20. The predicted molar refractivity (Wildman–Crippen MR) is 108 cm³/mol. The van der Waals surface area contributed by atoms with Gasteiger partial charge in [0.2, 0.25) is 0 Å². The monoisotopic (exact) mass is 412 g/mol. The third kappa shape index (κ3) is 3.27. The van der Waals surface area contributed by atoms with Crippen LogP contribution in [0.2, 0.25) is 0 Å². The van der Waals surface area contributed by atoms with Gasteiger partial charge in [-0.25, -0.2) is 0 Å². The molecule has 1 aromatic carbocycles. The first-order chi connectivity index (χ1) is 13.8. The quantitative estimate of drug-likeness (QED) is 0.798. The molecule has 0 saturated heterocycles. The first kappa shape index (κ1) is 19.1. The van der Waals surface area contributed by atoms with E-state index < -0.39 is 22.0 Å². The van der Waals surface area contributed by atoms with Crippen LogP contribution in [0.3, 0.4) is 0 Å². The summed E-state index contributed by atoms with van der Waals surface area (Å²) in [5, 5.41) is 13.8. The highest BCUT2D eigenvalue weighted by Crippen LogP contribution is 2.35. The van der Waals surface area contributed by atoms with Crippen molar-refractivity contribution in [3.05, 3.63) is 65.7 Å². The number of hydrogen-bond acceptors (Lipinski definition) is 6. The number of carbonyl (C=O) groups is 1. The molecular formula is C20H20N4O4S. The van der Waals surface area contributed by atoms with Gasteiger partial charge in [-0.1, -0.05) is 26.0 Å². The van der Waals surface area contributed by atoms with Crippen LogP contribution in [-0.2, 0) is 21.4 Å². The number of carbonyl (C=O) groups excluding carboxylic acids is 1. The number of anilines is 1.